The number of thiazole rings is 1. The lowest BCUT2D eigenvalue weighted by molar-refractivity contribution is -0.116. The molecule has 148 valence electrons. The molecule has 2 heterocycles. The van der Waals surface area contributed by atoms with Gasteiger partial charge in [-0.05, 0) is 24.1 Å². The highest BCUT2D eigenvalue weighted by molar-refractivity contribution is 7.99. The average molecular weight is 425 g/mol. The summed E-state index contributed by atoms with van der Waals surface area (Å²) in [5, 5.41) is 4.62. The van der Waals surface area contributed by atoms with Gasteiger partial charge in [-0.3, -0.25) is 9.69 Å². The Hall–Kier alpha value is -2.71. The van der Waals surface area contributed by atoms with E-state index >= 15 is 0 Å². The highest BCUT2D eigenvalue weighted by Crippen LogP contribution is 2.29. The molecule has 0 aliphatic carbocycles. The number of rotatable bonds is 8. The quantitative estimate of drug-likeness (QED) is 0.415. The highest BCUT2D eigenvalue weighted by atomic mass is 32.2. The summed E-state index contributed by atoms with van der Waals surface area (Å²) in [6.45, 7) is 2.34. The van der Waals surface area contributed by atoms with Crippen molar-refractivity contribution in [3.63, 3.8) is 0 Å². The first-order chi connectivity index (χ1) is 14.2. The average Bonchev–Trinajstić information content (AvgIpc) is 3.35. The van der Waals surface area contributed by atoms with E-state index in [0.717, 1.165) is 21.8 Å². The number of nitrogens with zero attached hydrogens (tertiary/aromatic N) is 4. The van der Waals surface area contributed by atoms with Crippen LogP contribution in [0.15, 0.2) is 59.1 Å². The maximum atomic E-state index is 13.0. The third-order valence-electron chi connectivity index (χ3n) is 4.31. The monoisotopic (exact) mass is 424 g/mol. The maximum Gasteiger partial charge on any atom is 0.238 e. The van der Waals surface area contributed by atoms with Gasteiger partial charge >= 0.3 is 0 Å². The van der Waals surface area contributed by atoms with Gasteiger partial charge in [0.1, 0.15) is 0 Å². The molecule has 4 aromatic rings. The van der Waals surface area contributed by atoms with Crippen molar-refractivity contribution in [1.29, 1.82) is 0 Å². The number of benzene rings is 2. The molecule has 0 N–H and O–H groups in total. The largest absolute Gasteiger partial charge is 0.340 e. The summed E-state index contributed by atoms with van der Waals surface area (Å²) in [6, 6.07) is 18.1. The minimum Gasteiger partial charge on any atom is -0.340 e. The summed E-state index contributed by atoms with van der Waals surface area (Å²) in [7, 11) is 0. The third-order valence-corrected chi connectivity index (χ3v) is 6.28. The predicted octanol–water partition coefficient (Wildman–Crippen LogP) is 4.50. The van der Waals surface area contributed by atoms with Crippen molar-refractivity contribution in [1.82, 2.24) is 15.1 Å². The Kier molecular flexibility index (Phi) is 6.21. The summed E-state index contributed by atoms with van der Waals surface area (Å²) < 4.78 is 6.06. The number of aromatic nitrogens is 3. The van der Waals surface area contributed by atoms with Crippen LogP contribution < -0.4 is 4.90 Å². The van der Waals surface area contributed by atoms with Crippen LogP contribution in [0, 0.1) is 6.92 Å². The zero-order valence-electron chi connectivity index (χ0n) is 15.9. The Morgan fingerprint density at radius 2 is 1.90 bits per heavy atom. The van der Waals surface area contributed by atoms with Crippen molar-refractivity contribution in [3.05, 3.63) is 71.9 Å². The van der Waals surface area contributed by atoms with Gasteiger partial charge < -0.3 is 4.52 Å². The number of fused-ring (bicyclic) bond motifs is 1. The van der Waals surface area contributed by atoms with E-state index in [1.54, 1.807) is 23.2 Å². The van der Waals surface area contributed by atoms with Crippen LogP contribution in [0.5, 0.6) is 0 Å². The topological polar surface area (TPSA) is 72.1 Å². The van der Waals surface area contributed by atoms with E-state index in [-0.39, 0.29) is 5.91 Å². The molecular weight excluding hydrogens is 404 g/mol. The number of carbonyl (C=O) groups is 1. The Morgan fingerprint density at radius 1 is 1.10 bits per heavy atom. The SMILES string of the molecule is Cc1nc(CSCC(=O)N(CCc2ccccc2)c2nc3ccccc3s2)no1. The standard InChI is InChI=1S/C21H20N4O2S2/c1-15-22-19(24-27-15)13-28-14-20(26)25(12-11-16-7-3-2-4-8-16)21-23-17-9-5-6-10-18(17)29-21/h2-10H,11-14H2,1H3. The fourth-order valence-corrected chi connectivity index (χ4v) is 4.64. The van der Waals surface area contributed by atoms with Crippen molar-refractivity contribution in [3.8, 4) is 0 Å². The second-order valence-corrected chi connectivity index (χ2v) is 8.46. The normalized spacial score (nSPS) is 11.1. The smallest absolute Gasteiger partial charge is 0.238 e. The number of anilines is 1. The van der Waals surface area contributed by atoms with Gasteiger partial charge in [0.2, 0.25) is 11.8 Å². The van der Waals surface area contributed by atoms with Crippen LogP contribution in [0.4, 0.5) is 5.13 Å². The molecule has 0 radical (unpaired) electrons. The molecule has 0 atom stereocenters. The van der Waals surface area contributed by atoms with Crippen molar-refractivity contribution in [2.24, 2.45) is 0 Å². The molecule has 0 unspecified atom stereocenters. The molecule has 0 saturated heterocycles. The third kappa shape index (κ3) is 5.02. The molecule has 0 aliphatic rings. The molecule has 0 bridgehead atoms. The fraction of sp³-hybridized carbons (Fsp3) is 0.238. The van der Waals surface area contributed by atoms with E-state index in [2.05, 4.69) is 22.3 Å². The zero-order chi connectivity index (χ0) is 20.1. The predicted molar refractivity (Wildman–Crippen MR) is 117 cm³/mol. The van der Waals surface area contributed by atoms with E-state index in [4.69, 9.17) is 9.51 Å². The molecule has 0 aliphatic heterocycles. The lowest BCUT2D eigenvalue weighted by Crippen LogP contribution is -2.34. The molecule has 2 aromatic carbocycles. The summed E-state index contributed by atoms with van der Waals surface area (Å²) in [5.74, 6) is 2.04. The summed E-state index contributed by atoms with van der Waals surface area (Å²) in [6.07, 6.45) is 0.775. The van der Waals surface area contributed by atoms with E-state index in [0.29, 0.717) is 29.8 Å². The molecule has 2 aromatic heterocycles. The van der Waals surface area contributed by atoms with Gasteiger partial charge in [0.25, 0.3) is 0 Å². The van der Waals surface area contributed by atoms with Crippen molar-refractivity contribution >= 4 is 44.4 Å². The molecule has 0 spiro atoms. The van der Waals surface area contributed by atoms with E-state index in [1.165, 1.54) is 17.3 Å². The van der Waals surface area contributed by atoms with Gasteiger partial charge in [-0.25, -0.2) is 4.98 Å². The number of thioether (sulfide) groups is 1. The minimum absolute atomic E-state index is 0.0326. The lowest BCUT2D eigenvalue weighted by Gasteiger charge is -2.19. The number of para-hydroxylation sites is 1. The van der Waals surface area contributed by atoms with Gasteiger partial charge in [0.05, 0.1) is 21.7 Å². The fourth-order valence-electron chi connectivity index (χ4n) is 2.90. The molecule has 6 nitrogen and oxygen atoms in total. The first-order valence-electron chi connectivity index (χ1n) is 9.26. The Bertz CT molecular complexity index is 1060. The van der Waals surface area contributed by atoms with Crippen LogP contribution in [-0.2, 0) is 17.0 Å². The molecule has 0 saturated carbocycles. The van der Waals surface area contributed by atoms with Gasteiger partial charge in [-0.15, -0.1) is 11.8 Å². The summed E-state index contributed by atoms with van der Waals surface area (Å²) >= 11 is 3.03. The van der Waals surface area contributed by atoms with Gasteiger partial charge in [0, 0.05) is 13.5 Å². The first kappa shape index (κ1) is 19.6. The summed E-state index contributed by atoms with van der Waals surface area (Å²) in [4.78, 5) is 23.7. The minimum atomic E-state index is 0.0326. The van der Waals surface area contributed by atoms with Gasteiger partial charge in [0.15, 0.2) is 11.0 Å². The molecule has 8 heteroatoms. The molecule has 4 rings (SSSR count). The first-order valence-corrected chi connectivity index (χ1v) is 11.2. The van der Waals surface area contributed by atoms with Crippen LogP contribution in [-0.4, -0.2) is 33.3 Å². The van der Waals surface area contributed by atoms with E-state index in [1.807, 2.05) is 42.5 Å². The molecule has 1 amide bonds. The Morgan fingerprint density at radius 3 is 2.66 bits per heavy atom. The Balaban J connectivity index is 1.47. The number of hydrogen-bond acceptors (Lipinski definition) is 7. The summed E-state index contributed by atoms with van der Waals surface area (Å²) in [5.41, 5.74) is 2.11. The number of hydrogen-bond donors (Lipinski definition) is 0. The van der Waals surface area contributed by atoms with Crippen LogP contribution in [0.25, 0.3) is 10.2 Å². The van der Waals surface area contributed by atoms with E-state index in [9.17, 15) is 4.79 Å². The molecular formula is C21H20N4O2S2. The van der Waals surface area contributed by atoms with Crippen LogP contribution in [0.2, 0.25) is 0 Å². The van der Waals surface area contributed by atoms with Gasteiger partial charge in [-0.1, -0.05) is 59.0 Å². The second-order valence-electron chi connectivity index (χ2n) is 6.47. The second kappa shape index (κ2) is 9.19. The van der Waals surface area contributed by atoms with Crippen LogP contribution >= 0.6 is 23.1 Å². The molecule has 29 heavy (non-hydrogen) atoms. The highest BCUT2D eigenvalue weighted by Gasteiger charge is 2.20. The molecule has 0 fully saturated rings. The maximum absolute atomic E-state index is 13.0. The van der Waals surface area contributed by atoms with Crippen LogP contribution in [0.3, 0.4) is 0 Å². The lowest BCUT2D eigenvalue weighted by atomic mass is 10.1. The number of amides is 1. The zero-order valence-corrected chi connectivity index (χ0v) is 17.6. The number of aryl methyl sites for hydroxylation is 1. The Labute approximate surface area is 177 Å². The van der Waals surface area contributed by atoms with Crippen LogP contribution in [0.1, 0.15) is 17.3 Å². The van der Waals surface area contributed by atoms with Crippen molar-refractivity contribution in [2.45, 2.75) is 19.1 Å². The van der Waals surface area contributed by atoms with Crippen molar-refractivity contribution in [2.75, 3.05) is 17.2 Å². The van der Waals surface area contributed by atoms with Gasteiger partial charge in [-0.2, -0.15) is 4.98 Å². The number of carbonyl (C=O) groups excluding carboxylic acids is 1. The van der Waals surface area contributed by atoms with E-state index < -0.39 is 0 Å². The van der Waals surface area contributed by atoms with Crippen molar-refractivity contribution < 1.29 is 9.32 Å².